The van der Waals surface area contributed by atoms with Gasteiger partial charge < -0.3 is 10.1 Å². The minimum absolute atomic E-state index is 0.102. The fraction of sp³-hybridized carbons (Fsp3) is 0.0833. The minimum Gasteiger partial charge on any atom is -0.494 e. The van der Waals surface area contributed by atoms with E-state index < -0.39 is 0 Å². The lowest BCUT2D eigenvalue weighted by Gasteiger charge is -1.92. The van der Waals surface area contributed by atoms with Gasteiger partial charge in [0, 0.05) is 16.6 Å². The van der Waals surface area contributed by atoms with E-state index in [0.717, 1.165) is 10.9 Å². The molecule has 2 aromatic rings. The normalized spacial score (nSPS) is 11.3. The van der Waals surface area contributed by atoms with Crippen molar-refractivity contribution in [1.29, 1.82) is 0 Å². The Hall–Kier alpha value is -1.74. The smallest absolute Gasteiger partial charge is 0.198 e. The SMILES string of the molecule is C=CCN=Cc1c(O)[nH]c2cc(Cl)ccc12. The van der Waals surface area contributed by atoms with Crippen molar-refractivity contribution in [3.63, 3.8) is 0 Å². The van der Waals surface area contributed by atoms with Gasteiger partial charge in [0.1, 0.15) is 0 Å². The summed E-state index contributed by atoms with van der Waals surface area (Å²) < 4.78 is 0. The van der Waals surface area contributed by atoms with Gasteiger partial charge in [-0.1, -0.05) is 23.7 Å². The van der Waals surface area contributed by atoms with Crippen molar-refractivity contribution in [3.8, 4) is 5.88 Å². The highest BCUT2D eigenvalue weighted by molar-refractivity contribution is 6.31. The molecule has 0 saturated heterocycles. The van der Waals surface area contributed by atoms with Crippen LogP contribution in [-0.4, -0.2) is 22.8 Å². The molecule has 0 spiro atoms. The van der Waals surface area contributed by atoms with Crippen molar-refractivity contribution < 1.29 is 5.11 Å². The molecule has 1 heterocycles. The fourth-order valence-electron chi connectivity index (χ4n) is 1.53. The summed E-state index contributed by atoms with van der Waals surface area (Å²) in [6.45, 7) is 4.10. The zero-order valence-corrected chi connectivity index (χ0v) is 9.33. The number of fused-ring (bicyclic) bond motifs is 1. The van der Waals surface area contributed by atoms with E-state index in [1.54, 1.807) is 24.4 Å². The van der Waals surface area contributed by atoms with Crippen LogP contribution in [-0.2, 0) is 0 Å². The first-order valence-electron chi connectivity index (χ1n) is 4.83. The van der Waals surface area contributed by atoms with E-state index in [9.17, 15) is 5.11 Å². The van der Waals surface area contributed by atoms with Crippen LogP contribution in [0.4, 0.5) is 0 Å². The van der Waals surface area contributed by atoms with Crippen LogP contribution in [0.3, 0.4) is 0 Å². The summed E-state index contributed by atoms with van der Waals surface area (Å²) in [6, 6.07) is 5.40. The molecule has 0 aliphatic rings. The molecule has 0 aliphatic heterocycles. The monoisotopic (exact) mass is 234 g/mol. The molecule has 0 radical (unpaired) electrons. The van der Waals surface area contributed by atoms with Gasteiger partial charge in [-0.25, -0.2) is 0 Å². The van der Waals surface area contributed by atoms with Crippen LogP contribution >= 0.6 is 11.6 Å². The van der Waals surface area contributed by atoms with E-state index in [4.69, 9.17) is 11.6 Å². The van der Waals surface area contributed by atoms with Crippen molar-refractivity contribution in [3.05, 3.63) is 41.4 Å². The van der Waals surface area contributed by atoms with Crippen LogP contribution in [0.25, 0.3) is 10.9 Å². The molecule has 2 rings (SSSR count). The lowest BCUT2D eigenvalue weighted by atomic mass is 10.2. The molecule has 1 aromatic carbocycles. The van der Waals surface area contributed by atoms with Crippen LogP contribution in [0, 0.1) is 0 Å². The van der Waals surface area contributed by atoms with Gasteiger partial charge in [0.25, 0.3) is 0 Å². The number of rotatable bonds is 3. The Morgan fingerprint density at radius 2 is 2.31 bits per heavy atom. The number of hydrogen-bond donors (Lipinski definition) is 2. The van der Waals surface area contributed by atoms with E-state index >= 15 is 0 Å². The van der Waals surface area contributed by atoms with E-state index in [-0.39, 0.29) is 5.88 Å². The number of halogens is 1. The second-order valence-electron chi connectivity index (χ2n) is 3.36. The van der Waals surface area contributed by atoms with Crippen LogP contribution in [0.1, 0.15) is 5.56 Å². The molecular formula is C12H11ClN2O. The molecule has 0 aliphatic carbocycles. The van der Waals surface area contributed by atoms with E-state index in [2.05, 4.69) is 16.6 Å². The second-order valence-corrected chi connectivity index (χ2v) is 3.80. The van der Waals surface area contributed by atoms with E-state index in [0.29, 0.717) is 17.1 Å². The molecule has 0 bridgehead atoms. The zero-order chi connectivity index (χ0) is 11.5. The third kappa shape index (κ3) is 1.95. The Labute approximate surface area is 98.1 Å². The van der Waals surface area contributed by atoms with Crippen molar-refractivity contribution in [1.82, 2.24) is 4.98 Å². The molecule has 0 saturated carbocycles. The minimum atomic E-state index is 0.102. The summed E-state index contributed by atoms with van der Waals surface area (Å²) >= 11 is 5.86. The quantitative estimate of drug-likeness (QED) is 0.622. The number of aromatic nitrogens is 1. The Bertz CT molecular complexity index is 557. The first kappa shape index (κ1) is 10.8. The number of H-pyrrole nitrogens is 1. The molecule has 2 N–H and O–H groups in total. The van der Waals surface area contributed by atoms with E-state index in [1.807, 2.05) is 6.07 Å². The molecule has 82 valence electrons. The average molecular weight is 235 g/mol. The zero-order valence-electron chi connectivity index (χ0n) is 8.57. The predicted octanol–water partition coefficient (Wildman–Crippen LogP) is 3.13. The number of aliphatic imine (C=N–C) groups is 1. The van der Waals surface area contributed by atoms with Crippen LogP contribution in [0.5, 0.6) is 5.88 Å². The maximum Gasteiger partial charge on any atom is 0.198 e. The number of aromatic hydroxyl groups is 1. The number of nitrogens with one attached hydrogen (secondary N) is 1. The average Bonchev–Trinajstić information content (AvgIpc) is 2.55. The molecule has 16 heavy (non-hydrogen) atoms. The Morgan fingerprint density at radius 1 is 1.50 bits per heavy atom. The lowest BCUT2D eigenvalue weighted by molar-refractivity contribution is 0.457. The van der Waals surface area contributed by atoms with Gasteiger partial charge in [0.05, 0.1) is 17.6 Å². The summed E-state index contributed by atoms with van der Waals surface area (Å²) in [6.07, 6.45) is 3.32. The van der Waals surface area contributed by atoms with Crippen molar-refractivity contribution >= 4 is 28.7 Å². The molecule has 0 amide bonds. The fourth-order valence-corrected chi connectivity index (χ4v) is 1.70. The summed E-state index contributed by atoms with van der Waals surface area (Å²) in [7, 11) is 0. The van der Waals surface area contributed by atoms with Crippen molar-refractivity contribution in [2.24, 2.45) is 4.99 Å². The number of hydrogen-bond acceptors (Lipinski definition) is 2. The summed E-state index contributed by atoms with van der Waals surface area (Å²) in [5, 5.41) is 11.2. The molecule has 0 fully saturated rings. The van der Waals surface area contributed by atoms with Gasteiger partial charge in [-0.15, -0.1) is 6.58 Å². The van der Waals surface area contributed by atoms with Gasteiger partial charge in [-0.2, -0.15) is 0 Å². The number of benzene rings is 1. The standard InChI is InChI=1S/C12H11ClN2O/c1-2-5-14-7-10-9-4-3-8(13)6-11(9)15-12(10)16/h2-4,6-7,15-16H,1,5H2. The Balaban J connectivity index is 2.51. The molecule has 1 aromatic heterocycles. The summed E-state index contributed by atoms with van der Waals surface area (Å²) in [4.78, 5) is 6.96. The van der Waals surface area contributed by atoms with Crippen LogP contribution in [0.15, 0.2) is 35.8 Å². The maximum atomic E-state index is 9.71. The highest BCUT2D eigenvalue weighted by Gasteiger charge is 2.08. The molecule has 3 nitrogen and oxygen atoms in total. The van der Waals surface area contributed by atoms with Gasteiger partial charge in [-0.05, 0) is 12.1 Å². The topological polar surface area (TPSA) is 48.4 Å². The lowest BCUT2D eigenvalue weighted by Crippen LogP contribution is -1.81. The molecule has 0 unspecified atom stereocenters. The van der Waals surface area contributed by atoms with Gasteiger partial charge >= 0.3 is 0 Å². The van der Waals surface area contributed by atoms with Crippen molar-refractivity contribution in [2.75, 3.05) is 6.54 Å². The first-order chi connectivity index (χ1) is 7.72. The largest absolute Gasteiger partial charge is 0.494 e. The number of nitrogens with zero attached hydrogens (tertiary/aromatic N) is 1. The van der Waals surface area contributed by atoms with Crippen LogP contribution in [0.2, 0.25) is 5.02 Å². The van der Waals surface area contributed by atoms with Gasteiger partial charge in [0.2, 0.25) is 0 Å². The second kappa shape index (κ2) is 4.41. The third-order valence-electron chi connectivity index (χ3n) is 2.23. The number of aromatic amines is 1. The Kier molecular flexibility index (Phi) is 2.97. The molecular weight excluding hydrogens is 224 g/mol. The van der Waals surface area contributed by atoms with Gasteiger partial charge in [0.15, 0.2) is 5.88 Å². The first-order valence-corrected chi connectivity index (χ1v) is 5.21. The van der Waals surface area contributed by atoms with Crippen molar-refractivity contribution in [2.45, 2.75) is 0 Å². The third-order valence-corrected chi connectivity index (χ3v) is 2.47. The highest BCUT2D eigenvalue weighted by atomic mass is 35.5. The molecule has 0 atom stereocenters. The molecule has 4 heteroatoms. The Morgan fingerprint density at radius 3 is 3.06 bits per heavy atom. The van der Waals surface area contributed by atoms with E-state index in [1.165, 1.54) is 0 Å². The van der Waals surface area contributed by atoms with Crippen LogP contribution < -0.4 is 0 Å². The summed E-state index contributed by atoms with van der Waals surface area (Å²) in [5.74, 6) is 0.102. The highest BCUT2D eigenvalue weighted by Crippen LogP contribution is 2.27. The maximum absolute atomic E-state index is 9.71. The van der Waals surface area contributed by atoms with Gasteiger partial charge in [-0.3, -0.25) is 4.99 Å². The summed E-state index contributed by atoms with van der Waals surface area (Å²) in [5.41, 5.74) is 1.47. The predicted molar refractivity (Wildman–Crippen MR) is 67.6 cm³/mol.